The van der Waals surface area contributed by atoms with Gasteiger partial charge in [0.15, 0.2) is 5.16 Å². The van der Waals surface area contributed by atoms with Crippen molar-refractivity contribution in [3.63, 3.8) is 0 Å². The van der Waals surface area contributed by atoms with Crippen LogP contribution in [0.3, 0.4) is 0 Å². The zero-order valence-corrected chi connectivity index (χ0v) is 14.4. The van der Waals surface area contributed by atoms with Crippen LogP contribution in [0.1, 0.15) is 19.8 Å². The molecule has 0 aromatic carbocycles. The molecule has 1 saturated heterocycles. The highest BCUT2D eigenvalue weighted by Gasteiger charge is 2.21. The minimum atomic E-state index is -0.0482. The lowest BCUT2D eigenvalue weighted by atomic mass is 9.99. The average Bonchev–Trinajstić information content (AvgIpc) is 2.98. The summed E-state index contributed by atoms with van der Waals surface area (Å²) in [4.78, 5) is 31.7. The Morgan fingerprint density at radius 2 is 2.18 bits per heavy atom. The molecular weight excluding hydrogens is 318 g/mol. The van der Waals surface area contributed by atoms with Gasteiger partial charge in [-0.2, -0.15) is 0 Å². The largest absolute Gasteiger partial charge is 0.342 e. The first-order valence-corrected chi connectivity index (χ1v) is 9.27. The highest BCUT2D eigenvalue weighted by Crippen LogP contribution is 2.22. The van der Waals surface area contributed by atoms with Gasteiger partial charge in [-0.3, -0.25) is 14.2 Å². The van der Waals surface area contributed by atoms with Crippen molar-refractivity contribution in [2.45, 2.75) is 24.9 Å². The molecule has 0 N–H and O–H groups in total. The van der Waals surface area contributed by atoms with Gasteiger partial charge in [0, 0.05) is 20.1 Å². The van der Waals surface area contributed by atoms with Gasteiger partial charge in [-0.15, -0.1) is 11.3 Å². The highest BCUT2D eigenvalue weighted by atomic mass is 32.2. The van der Waals surface area contributed by atoms with Gasteiger partial charge >= 0.3 is 0 Å². The molecule has 2 aromatic heterocycles. The van der Waals surface area contributed by atoms with Crippen molar-refractivity contribution in [3.05, 3.63) is 21.8 Å². The Hall–Kier alpha value is -1.34. The van der Waals surface area contributed by atoms with Crippen LogP contribution in [0.4, 0.5) is 0 Å². The monoisotopic (exact) mass is 337 g/mol. The number of aromatic nitrogens is 2. The summed E-state index contributed by atoms with van der Waals surface area (Å²) in [5.74, 6) is 1.18. The minimum absolute atomic E-state index is 0.0482. The lowest BCUT2D eigenvalue weighted by molar-refractivity contribution is -0.129. The third-order valence-electron chi connectivity index (χ3n) is 4.13. The number of piperidine rings is 1. The Bertz CT molecular complexity index is 745. The van der Waals surface area contributed by atoms with Crippen LogP contribution in [0.25, 0.3) is 10.2 Å². The van der Waals surface area contributed by atoms with E-state index >= 15 is 0 Å². The molecule has 3 rings (SSSR count). The van der Waals surface area contributed by atoms with Crippen molar-refractivity contribution in [1.82, 2.24) is 14.5 Å². The average molecular weight is 337 g/mol. The van der Waals surface area contributed by atoms with Crippen LogP contribution in [-0.2, 0) is 11.8 Å². The first-order valence-electron chi connectivity index (χ1n) is 7.41. The molecule has 0 radical (unpaired) electrons. The Morgan fingerprint density at radius 1 is 1.45 bits per heavy atom. The van der Waals surface area contributed by atoms with E-state index in [4.69, 9.17) is 0 Å². The molecule has 0 atom stereocenters. The Labute approximate surface area is 137 Å². The molecule has 118 valence electrons. The van der Waals surface area contributed by atoms with Gasteiger partial charge < -0.3 is 4.90 Å². The van der Waals surface area contributed by atoms with E-state index in [0.29, 0.717) is 22.2 Å². The minimum Gasteiger partial charge on any atom is -0.342 e. The molecular formula is C15H19N3O2S2. The van der Waals surface area contributed by atoms with E-state index in [9.17, 15) is 9.59 Å². The van der Waals surface area contributed by atoms with Crippen LogP contribution in [0, 0.1) is 5.92 Å². The van der Waals surface area contributed by atoms with Crippen molar-refractivity contribution >= 4 is 39.2 Å². The lowest BCUT2D eigenvalue weighted by Crippen LogP contribution is -2.39. The molecule has 1 aliphatic rings. The van der Waals surface area contributed by atoms with Crippen molar-refractivity contribution in [3.8, 4) is 0 Å². The van der Waals surface area contributed by atoms with Crippen LogP contribution in [-0.4, -0.2) is 39.2 Å². The molecule has 7 heteroatoms. The van der Waals surface area contributed by atoms with Crippen molar-refractivity contribution in [1.29, 1.82) is 0 Å². The van der Waals surface area contributed by atoms with Gasteiger partial charge in [0.1, 0.15) is 4.83 Å². The topological polar surface area (TPSA) is 55.2 Å². The number of thiophene rings is 1. The van der Waals surface area contributed by atoms with Crippen molar-refractivity contribution in [2.75, 3.05) is 18.8 Å². The van der Waals surface area contributed by atoms with Crippen LogP contribution in [0.2, 0.25) is 0 Å². The fourth-order valence-corrected chi connectivity index (χ4v) is 4.26. The number of carbonyl (C=O) groups excluding carboxylic acids is 1. The van der Waals surface area contributed by atoms with E-state index in [0.717, 1.165) is 30.8 Å². The van der Waals surface area contributed by atoms with E-state index in [1.165, 1.54) is 27.7 Å². The summed E-state index contributed by atoms with van der Waals surface area (Å²) in [6, 6.07) is 1.80. The Kier molecular flexibility index (Phi) is 4.54. The second-order valence-corrected chi connectivity index (χ2v) is 7.59. The number of fused-ring (bicyclic) bond motifs is 1. The highest BCUT2D eigenvalue weighted by molar-refractivity contribution is 7.99. The van der Waals surface area contributed by atoms with Crippen LogP contribution in [0.15, 0.2) is 21.4 Å². The number of hydrogen-bond acceptors (Lipinski definition) is 5. The van der Waals surface area contributed by atoms with Gasteiger partial charge in [-0.05, 0) is 30.2 Å². The fourth-order valence-electron chi connectivity index (χ4n) is 2.58. The van der Waals surface area contributed by atoms with Crippen molar-refractivity contribution < 1.29 is 4.79 Å². The predicted molar refractivity (Wildman–Crippen MR) is 90.6 cm³/mol. The van der Waals surface area contributed by atoms with E-state index in [-0.39, 0.29) is 11.5 Å². The van der Waals surface area contributed by atoms with Crippen molar-refractivity contribution in [2.24, 2.45) is 13.0 Å². The second kappa shape index (κ2) is 6.42. The maximum absolute atomic E-state index is 12.3. The van der Waals surface area contributed by atoms with Crippen LogP contribution < -0.4 is 5.56 Å². The summed E-state index contributed by atoms with van der Waals surface area (Å²) in [6.07, 6.45) is 2.16. The van der Waals surface area contributed by atoms with Gasteiger partial charge in [0.25, 0.3) is 5.56 Å². The van der Waals surface area contributed by atoms with E-state index in [1.807, 2.05) is 10.3 Å². The molecule has 0 spiro atoms. The number of rotatable bonds is 3. The zero-order chi connectivity index (χ0) is 15.7. The number of carbonyl (C=O) groups is 1. The number of thioether (sulfide) groups is 1. The molecule has 1 amide bonds. The molecule has 22 heavy (non-hydrogen) atoms. The summed E-state index contributed by atoms with van der Waals surface area (Å²) in [5, 5.41) is 3.12. The van der Waals surface area contributed by atoms with Gasteiger partial charge in [0.05, 0.1) is 11.1 Å². The number of amides is 1. The molecule has 1 aliphatic heterocycles. The molecule has 1 fully saturated rings. The third kappa shape index (κ3) is 3.05. The molecule has 0 aliphatic carbocycles. The Morgan fingerprint density at radius 3 is 2.91 bits per heavy atom. The van der Waals surface area contributed by atoms with Crippen LogP contribution >= 0.6 is 23.1 Å². The summed E-state index contributed by atoms with van der Waals surface area (Å²) in [6.45, 7) is 3.92. The fraction of sp³-hybridized carbons (Fsp3) is 0.533. The number of likely N-dealkylation sites (tertiary alicyclic amines) is 1. The summed E-state index contributed by atoms with van der Waals surface area (Å²) < 4.78 is 1.53. The van der Waals surface area contributed by atoms with Crippen LogP contribution in [0.5, 0.6) is 0 Å². The number of nitrogens with zero attached hydrogens (tertiary/aromatic N) is 3. The molecule has 3 heterocycles. The summed E-state index contributed by atoms with van der Waals surface area (Å²) in [5.41, 5.74) is -0.0482. The maximum atomic E-state index is 12.3. The molecule has 0 bridgehead atoms. The van der Waals surface area contributed by atoms with Gasteiger partial charge in [-0.1, -0.05) is 18.7 Å². The van der Waals surface area contributed by atoms with E-state index in [2.05, 4.69) is 11.9 Å². The quantitative estimate of drug-likeness (QED) is 0.637. The molecule has 2 aromatic rings. The summed E-state index contributed by atoms with van der Waals surface area (Å²) in [7, 11) is 1.71. The first kappa shape index (κ1) is 15.6. The zero-order valence-electron chi connectivity index (χ0n) is 12.7. The molecule has 5 nitrogen and oxygen atoms in total. The summed E-state index contributed by atoms with van der Waals surface area (Å²) >= 11 is 2.80. The van der Waals surface area contributed by atoms with Gasteiger partial charge in [0.2, 0.25) is 5.91 Å². The Balaban J connectivity index is 1.70. The molecule has 0 saturated carbocycles. The maximum Gasteiger partial charge on any atom is 0.262 e. The molecule has 0 unspecified atom stereocenters. The number of hydrogen-bond donors (Lipinski definition) is 0. The first-order chi connectivity index (χ1) is 10.6. The lowest BCUT2D eigenvalue weighted by Gasteiger charge is -2.30. The normalized spacial score (nSPS) is 16.4. The second-order valence-electron chi connectivity index (χ2n) is 5.75. The van der Waals surface area contributed by atoms with E-state index < -0.39 is 0 Å². The SMILES string of the molecule is CC1CCN(C(=O)CSc2nc3sccc3c(=O)n2C)CC1. The van der Waals surface area contributed by atoms with E-state index in [1.54, 1.807) is 13.1 Å². The predicted octanol–water partition coefficient (Wildman–Crippen LogP) is 2.35. The van der Waals surface area contributed by atoms with Gasteiger partial charge in [-0.25, -0.2) is 4.98 Å². The third-order valence-corrected chi connectivity index (χ3v) is 5.95. The smallest absolute Gasteiger partial charge is 0.262 e. The standard InChI is InChI=1S/C15H19N3O2S2/c1-10-3-6-18(7-4-10)12(19)9-22-15-16-13-11(5-8-21-13)14(20)17(15)2/h5,8,10H,3-4,6-7,9H2,1-2H3.